The average molecular weight is 233 g/mol. The summed E-state index contributed by atoms with van der Waals surface area (Å²) in [6.07, 6.45) is 3.70. The first kappa shape index (κ1) is 12.0. The molecule has 0 spiro atoms. The zero-order valence-corrected chi connectivity index (χ0v) is 10.2. The largest absolute Gasteiger partial charge is 0.333 e. The monoisotopic (exact) mass is 233 g/mol. The minimum Gasteiger partial charge on any atom is -0.333 e. The molecule has 2 heterocycles. The molecule has 1 aromatic heterocycles. The van der Waals surface area contributed by atoms with E-state index in [0.717, 1.165) is 19.4 Å². The number of aromatic nitrogens is 1. The molecule has 4 heteroatoms. The van der Waals surface area contributed by atoms with E-state index >= 15 is 0 Å². The second kappa shape index (κ2) is 5.27. The Labute approximate surface area is 102 Å². The first-order valence-electron chi connectivity index (χ1n) is 6.14. The van der Waals surface area contributed by atoms with Gasteiger partial charge >= 0.3 is 0 Å². The molecule has 2 N–H and O–H groups in total. The molecule has 17 heavy (non-hydrogen) atoms. The van der Waals surface area contributed by atoms with Gasteiger partial charge in [-0.3, -0.25) is 9.78 Å². The zero-order chi connectivity index (χ0) is 12.3. The highest BCUT2D eigenvalue weighted by molar-refractivity contribution is 5.92. The second-order valence-corrected chi connectivity index (χ2v) is 4.73. The van der Waals surface area contributed by atoms with Crippen molar-refractivity contribution in [3.8, 4) is 0 Å². The third kappa shape index (κ3) is 2.64. The molecule has 1 aromatic rings. The van der Waals surface area contributed by atoms with E-state index in [1.165, 1.54) is 0 Å². The first-order valence-corrected chi connectivity index (χ1v) is 6.14. The van der Waals surface area contributed by atoms with Crippen LogP contribution in [0.4, 0.5) is 0 Å². The first-order chi connectivity index (χ1) is 8.22. The van der Waals surface area contributed by atoms with Crippen LogP contribution in [0.15, 0.2) is 24.4 Å². The van der Waals surface area contributed by atoms with Crippen LogP contribution in [0.25, 0.3) is 0 Å². The van der Waals surface area contributed by atoms with E-state index < -0.39 is 0 Å². The molecule has 0 saturated carbocycles. The number of carbonyl (C=O) groups is 1. The van der Waals surface area contributed by atoms with Crippen LogP contribution < -0.4 is 5.73 Å². The maximum atomic E-state index is 12.3. The Balaban J connectivity index is 2.13. The van der Waals surface area contributed by atoms with Crippen LogP contribution in [0, 0.1) is 5.92 Å². The third-order valence-electron chi connectivity index (χ3n) is 3.39. The number of amides is 1. The van der Waals surface area contributed by atoms with Crippen LogP contribution in [0.3, 0.4) is 0 Å². The van der Waals surface area contributed by atoms with Crippen molar-refractivity contribution >= 4 is 5.91 Å². The molecular formula is C13H19N3O. The van der Waals surface area contributed by atoms with Gasteiger partial charge in [0, 0.05) is 25.3 Å². The predicted molar refractivity (Wildman–Crippen MR) is 66.5 cm³/mol. The fourth-order valence-corrected chi connectivity index (χ4v) is 2.38. The summed E-state index contributed by atoms with van der Waals surface area (Å²) in [4.78, 5) is 18.3. The van der Waals surface area contributed by atoms with Gasteiger partial charge in [-0.2, -0.15) is 0 Å². The Kier molecular flexibility index (Phi) is 3.74. The Morgan fingerprint density at radius 3 is 3.06 bits per heavy atom. The van der Waals surface area contributed by atoms with Crippen LogP contribution in [-0.2, 0) is 0 Å². The number of pyridine rings is 1. The topological polar surface area (TPSA) is 59.2 Å². The molecule has 1 amide bonds. The summed E-state index contributed by atoms with van der Waals surface area (Å²) in [6, 6.07) is 5.57. The fourth-order valence-electron chi connectivity index (χ4n) is 2.38. The second-order valence-electron chi connectivity index (χ2n) is 4.73. The fraction of sp³-hybridized carbons (Fsp3) is 0.538. The van der Waals surface area contributed by atoms with Crippen molar-refractivity contribution in [1.29, 1.82) is 0 Å². The van der Waals surface area contributed by atoms with E-state index in [1.54, 1.807) is 12.3 Å². The summed E-state index contributed by atoms with van der Waals surface area (Å²) in [5.41, 5.74) is 6.27. The number of carbonyl (C=O) groups excluding carboxylic acids is 1. The van der Waals surface area contributed by atoms with Gasteiger partial charge < -0.3 is 10.6 Å². The Bertz CT molecular complexity index is 380. The zero-order valence-electron chi connectivity index (χ0n) is 10.2. The summed E-state index contributed by atoms with van der Waals surface area (Å²) in [6.45, 7) is 3.53. The molecule has 92 valence electrons. The molecular weight excluding hydrogens is 214 g/mol. The van der Waals surface area contributed by atoms with Crippen molar-refractivity contribution < 1.29 is 4.79 Å². The number of hydrogen-bond acceptors (Lipinski definition) is 3. The van der Waals surface area contributed by atoms with E-state index in [4.69, 9.17) is 5.73 Å². The number of piperidine rings is 1. The molecule has 2 atom stereocenters. The Hall–Kier alpha value is -1.42. The van der Waals surface area contributed by atoms with Crippen LogP contribution in [0.2, 0.25) is 0 Å². The quantitative estimate of drug-likeness (QED) is 0.837. The van der Waals surface area contributed by atoms with Gasteiger partial charge in [-0.1, -0.05) is 13.0 Å². The molecule has 1 saturated heterocycles. The summed E-state index contributed by atoms with van der Waals surface area (Å²) in [5.74, 6) is 0.657. The van der Waals surface area contributed by atoms with Crippen molar-refractivity contribution in [2.24, 2.45) is 11.7 Å². The molecule has 4 nitrogen and oxygen atoms in total. The van der Waals surface area contributed by atoms with E-state index in [0.29, 0.717) is 18.2 Å². The smallest absolute Gasteiger partial charge is 0.272 e. The third-order valence-corrected chi connectivity index (χ3v) is 3.39. The van der Waals surface area contributed by atoms with E-state index in [-0.39, 0.29) is 11.9 Å². The molecule has 0 bridgehead atoms. The van der Waals surface area contributed by atoms with Crippen LogP contribution in [-0.4, -0.2) is 34.9 Å². The maximum Gasteiger partial charge on any atom is 0.272 e. The van der Waals surface area contributed by atoms with Gasteiger partial charge in [0.2, 0.25) is 0 Å². The van der Waals surface area contributed by atoms with Gasteiger partial charge in [0.25, 0.3) is 5.91 Å². The van der Waals surface area contributed by atoms with Crippen molar-refractivity contribution in [2.45, 2.75) is 25.8 Å². The van der Waals surface area contributed by atoms with Gasteiger partial charge in [0.1, 0.15) is 5.69 Å². The molecule has 2 rings (SSSR count). The molecule has 2 unspecified atom stereocenters. The highest BCUT2D eigenvalue weighted by Gasteiger charge is 2.29. The van der Waals surface area contributed by atoms with E-state index in [9.17, 15) is 4.79 Å². The van der Waals surface area contributed by atoms with Crippen molar-refractivity contribution in [2.75, 3.05) is 13.1 Å². The number of rotatable bonds is 2. The Morgan fingerprint density at radius 1 is 1.59 bits per heavy atom. The lowest BCUT2D eigenvalue weighted by Crippen LogP contribution is -2.49. The molecule has 0 aromatic carbocycles. The SMILES string of the molecule is CC1CCN(C(=O)c2ccccn2)C(CN)C1. The van der Waals surface area contributed by atoms with Crippen molar-refractivity contribution in [3.63, 3.8) is 0 Å². The lowest BCUT2D eigenvalue weighted by molar-refractivity contribution is 0.0567. The van der Waals surface area contributed by atoms with E-state index in [2.05, 4.69) is 11.9 Å². The van der Waals surface area contributed by atoms with Gasteiger partial charge in [-0.05, 0) is 30.9 Å². The van der Waals surface area contributed by atoms with Crippen LogP contribution in [0.1, 0.15) is 30.3 Å². The molecule has 0 radical (unpaired) electrons. The van der Waals surface area contributed by atoms with Crippen molar-refractivity contribution in [3.05, 3.63) is 30.1 Å². The predicted octanol–water partition coefficient (Wildman–Crippen LogP) is 1.28. The normalized spacial score (nSPS) is 24.7. The number of likely N-dealkylation sites (tertiary alicyclic amines) is 1. The number of nitrogens with two attached hydrogens (primary N) is 1. The lowest BCUT2D eigenvalue weighted by atomic mass is 9.92. The van der Waals surface area contributed by atoms with Crippen LogP contribution >= 0.6 is 0 Å². The highest BCUT2D eigenvalue weighted by Crippen LogP contribution is 2.23. The van der Waals surface area contributed by atoms with Gasteiger partial charge in [0.05, 0.1) is 0 Å². The number of hydrogen-bond donors (Lipinski definition) is 1. The molecule has 1 aliphatic rings. The maximum absolute atomic E-state index is 12.3. The Morgan fingerprint density at radius 2 is 2.41 bits per heavy atom. The standard InChI is InChI=1S/C13H19N3O/c1-10-5-7-16(11(8-10)9-14)13(17)12-4-2-3-6-15-12/h2-4,6,10-11H,5,7-9,14H2,1H3. The van der Waals surface area contributed by atoms with Crippen LogP contribution in [0.5, 0.6) is 0 Å². The molecule has 1 fully saturated rings. The minimum atomic E-state index is 0.00736. The van der Waals surface area contributed by atoms with Gasteiger partial charge in [-0.15, -0.1) is 0 Å². The molecule has 1 aliphatic heterocycles. The summed E-state index contributed by atoms with van der Waals surface area (Å²) in [5, 5.41) is 0. The van der Waals surface area contributed by atoms with E-state index in [1.807, 2.05) is 17.0 Å². The van der Waals surface area contributed by atoms with Crippen molar-refractivity contribution in [1.82, 2.24) is 9.88 Å². The number of nitrogens with zero attached hydrogens (tertiary/aromatic N) is 2. The average Bonchev–Trinajstić information content (AvgIpc) is 2.39. The summed E-state index contributed by atoms with van der Waals surface area (Å²) in [7, 11) is 0. The summed E-state index contributed by atoms with van der Waals surface area (Å²) < 4.78 is 0. The minimum absolute atomic E-state index is 0.00736. The highest BCUT2D eigenvalue weighted by atomic mass is 16.2. The van der Waals surface area contributed by atoms with Gasteiger partial charge in [-0.25, -0.2) is 0 Å². The summed E-state index contributed by atoms with van der Waals surface area (Å²) >= 11 is 0. The van der Waals surface area contributed by atoms with Gasteiger partial charge in [0.15, 0.2) is 0 Å². The molecule has 0 aliphatic carbocycles. The lowest BCUT2D eigenvalue weighted by Gasteiger charge is -2.37.